The highest BCUT2D eigenvalue weighted by Crippen LogP contribution is 2.33. The van der Waals surface area contributed by atoms with Crippen LogP contribution in [0, 0.1) is 27.7 Å². The second-order valence-corrected chi connectivity index (χ2v) is 5.45. The van der Waals surface area contributed by atoms with Crippen LogP contribution in [-0.4, -0.2) is 22.2 Å². The van der Waals surface area contributed by atoms with Crippen LogP contribution in [0.15, 0.2) is 24.3 Å². The van der Waals surface area contributed by atoms with Crippen LogP contribution in [0.4, 0.5) is 0 Å². The molecule has 0 bridgehead atoms. The van der Waals surface area contributed by atoms with Crippen molar-refractivity contribution in [3.63, 3.8) is 0 Å². The highest BCUT2D eigenvalue weighted by Gasteiger charge is 2.22. The Kier molecular flexibility index (Phi) is 4.04. The van der Waals surface area contributed by atoms with Gasteiger partial charge in [-0.05, 0) is 67.1 Å². The Morgan fingerprint density at radius 1 is 0.818 bits per heavy atom. The SMILES string of the molecule is Cc1cc(-c2cccc(C(=O)O)c2C(=O)O)c(C)c(C)c1C. The standard InChI is InChI=1S/C18H18O4/c1-9-8-15(12(4)11(3)10(9)2)13-6-5-7-14(17(19)20)16(13)18(21)22/h5-8H,1-4H3,(H,19,20)(H,21,22). The summed E-state index contributed by atoms with van der Waals surface area (Å²) in [6.45, 7) is 7.90. The fraction of sp³-hybridized carbons (Fsp3) is 0.222. The van der Waals surface area contributed by atoms with E-state index in [4.69, 9.17) is 0 Å². The average Bonchev–Trinajstić information content (AvgIpc) is 2.47. The van der Waals surface area contributed by atoms with Crippen molar-refractivity contribution in [3.8, 4) is 11.1 Å². The van der Waals surface area contributed by atoms with E-state index in [1.807, 2.05) is 33.8 Å². The van der Waals surface area contributed by atoms with Gasteiger partial charge in [0.15, 0.2) is 0 Å². The van der Waals surface area contributed by atoms with Gasteiger partial charge in [-0.1, -0.05) is 18.2 Å². The first kappa shape index (κ1) is 15.8. The first-order valence-electron chi connectivity index (χ1n) is 6.93. The molecule has 0 amide bonds. The molecule has 2 N–H and O–H groups in total. The lowest BCUT2D eigenvalue weighted by molar-refractivity contribution is 0.0652. The molecule has 4 heteroatoms. The molecule has 4 nitrogen and oxygen atoms in total. The van der Waals surface area contributed by atoms with E-state index in [9.17, 15) is 19.8 Å². The zero-order valence-electron chi connectivity index (χ0n) is 13.0. The summed E-state index contributed by atoms with van der Waals surface area (Å²) in [7, 11) is 0. The molecule has 0 spiro atoms. The Morgan fingerprint density at radius 3 is 2.00 bits per heavy atom. The Morgan fingerprint density at radius 2 is 1.45 bits per heavy atom. The monoisotopic (exact) mass is 298 g/mol. The van der Waals surface area contributed by atoms with Crippen molar-refractivity contribution in [1.29, 1.82) is 0 Å². The number of carboxylic acid groups (broad SMARTS) is 2. The summed E-state index contributed by atoms with van der Waals surface area (Å²) in [6, 6.07) is 6.48. The maximum atomic E-state index is 11.6. The van der Waals surface area contributed by atoms with Crippen LogP contribution >= 0.6 is 0 Å². The molecule has 0 aliphatic rings. The minimum Gasteiger partial charge on any atom is -0.478 e. The summed E-state index contributed by atoms with van der Waals surface area (Å²) in [5.41, 5.74) is 5.11. The maximum Gasteiger partial charge on any atom is 0.337 e. The van der Waals surface area contributed by atoms with Gasteiger partial charge in [-0.3, -0.25) is 0 Å². The zero-order valence-corrected chi connectivity index (χ0v) is 13.0. The summed E-state index contributed by atoms with van der Waals surface area (Å²) in [4.78, 5) is 22.9. The van der Waals surface area contributed by atoms with Crippen LogP contribution in [-0.2, 0) is 0 Å². The van der Waals surface area contributed by atoms with Crippen molar-refractivity contribution < 1.29 is 19.8 Å². The van der Waals surface area contributed by atoms with Crippen LogP contribution in [0.5, 0.6) is 0 Å². The lowest BCUT2D eigenvalue weighted by Gasteiger charge is -2.17. The van der Waals surface area contributed by atoms with E-state index in [1.54, 1.807) is 12.1 Å². The fourth-order valence-corrected chi connectivity index (χ4v) is 2.68. The van der Waals surface area contributed by atoms with Gasteiger partial charge >= 0.3 is 11.9 Å². The Labute approximate surface area is 129 Å². The molecule has 0 atom stereocenters. The second-order valence-electron chi connectivity index (χ2n) is 5.45. The van der Waals surface area contributed by atoms with Gasteiger partial charge in [0, 0.05) is 0 Å². The van der Waals surface area contributed by atoms with E-state index in [0.717, 1.165) is 27.8 Å². The zero-order chi connectivity index (χ0) is 16.6. The summed E-state index contributed by atoms with van der Waals surface area (Å²) in [5.74, 6) is -2.47. The number of hydrogen-bond acceptors (Lipinski definition) is 2. The van der Waals surface area contributed by atoms with E-state index in [1.165, 1.54) is 6.07 Å². The van der Waals surface area contributed by atoms with Crippen LogP contribution in [0.25, 0.3) is 11.1 Å². The third kappa shape index (κ3) is 2.48. The molecule has 0 radical (unpaired) electrons. The van der Waals surface area contributed by atoms with Crippen molar-refractivity contribution in [2.45, 2.75) is 27.7 Å². The molecule has 0 aromatic heterocycles. The molecule has 22 heavy (non-hydrogen) atoms. The summed E-state index contributed by atoms with van der Waals surface area (Å²) in [5, 5.41) is 18.7. The normalized spacial score (nSPS) is 10.5. The molecule has 0 saturated carbocycles. The number of aromatic carboxylic acids is 2. The van der Waals surface area contributed by atoms with E-state index < -0.39 is 11.9 Å². The van der Waals surface area contributed by atoms with Crippen LogP contribution in [0.2, 0.25) is 0 Å². The van der Waals surface area contributed by atoms with Gasteiger partial charge in [0.25, 0.3) is 0 Å². The van der Waals surface area contributed by atoms with Crippen LogP contribution < -0.4 is 0 Å². The van der Waals surface area contributed by atoms with Gasteiger partial charge in [0.1, 0.15) is 0 Å². The quantitative estimate of drug-likeness (QED) is 0.898. The first-order chi connectivity index (χ1) is 10.3. The molecule has 0 aliphatic heterocycles. The van der Waals surface area contributed by atoms with Gasteiger partial charge < -0.3 is 10.2 Å². The molecule has 0 fully saturated rings. The average molecular weight is 298 g/mol. The predicted octanol–water partition coefficient (Wildman–Crippen LogP) is 3.98. The smallest absolute Gasteiger partial charge is 0.337 e. The maximum absolute atomic E-state index is 11.6. The Hall–Kier alpha value is -2.62. The molecule has 0 aliphatic carbocycles. The largest absolute Gasteiger partial charge is 0.478 e. The fourth-order valence-electron chi connectivity index (χ4n) is 2.68. The minimum absolute atomic E-state index is 0.166. The van der Waals surface area contributed by atoms with Crippen molar-refractivity contribution >= 4 is 11.9 Å². The molecule has 2 rings (SSSR count). The van der Waals surface area contributed by atoms with Crippen molar-refractivity contribution in [1.82, 2.24) is 0 Å². The molecular formula is C18H18O4. The number of rotatable bonds is 3. The summed E-state index contributed by atoms with van der Waals surface area (Å²) < 4.78 is 0. The second kappa shape index (κ2) is 5.64. The third-order valence-electron chi connectivity index (χ3n) is 4.28. The van der Waals surface area contributed by atoms with E-state index in [-0.39, 0.29) is 11.1 Å². The number of aryl methyl sites for hydroxylation is 1. The van der Waals surface area contributed by atoms with Gasteiger partial charge in [-0.2, -0.15) is 0 Å². The Bertz CT molecular complexity index is 788. The topological polar surface area (TPSA) is 74.6 Å². The Balaban J connectivity index is 2.87. The third-order valence-corrected chi connectivity index (χ3v) is 4.28. The van der Waals surface area contributed by atoms with Crippen molar-refractivity contribution in [2.75, 3.05) is 0 Å². The van der Waals surface area contributed by atoms with Gasteiger partial charge in [-0.25, -0.2) is 9.59 Å². The molecular weight excluding hydrogens is 280 g/mol. The number of hydrogen-bond donors (Lipinski definition) is 2. The molecule has 114 valence electrons. The highest BCUT2D eigenvalue weighted by atomic mass is 16.4. The van der Waals surface area contributed by atoms with Crippen LogP contribution in [0.3, 0.4) is 0 Å². The van der Waals surface area contributed by atoms with Crippen molar-refractivity contribution in [2.24, 2.45) is 0 Å². The molecule has 0 saturated heterocycles. The lowest BCUT2D eigenvalue weighted by atomic mass is 9.87. The van der Waals surface area contributed by atoms with E-state index in [2.05, 4.69) is 0 Å². The predicted molar refractivity (Wildman–Crippen MR) is 84.7 cm³/mol. The van der Waals surface area contributed by atoms with Crippen LogP contribution in [0.1, 0.15) is 43.0 Å². The lowest BCUT2D eigenvalue weighted by Crippen LogP contribution is -2.10. The molecule has 0 heterocycles. The number of benzene rings is 2. The molecule has 0 unspecified atom stereocenters. The highest BCUT2D eigenvalue weighted by molar-refractivity contribution is 6.06. The van der Waals surface area contributed by atoms with Gasteiger partial charge in [0.05, 0.1) is 11.1 Å². The van der Waals surface area contributed by atoms with E-state index >= 15 is 0 Å². The summed E-state index contributed by atoms with van der Waals surface area (Å²) >= 11 is 0. The van der Waals surface area contributed by atoms with Gasteiger partial charge in [0.2, 0.25) is 0 Å². The van der Waals surface area contributed by atoms with Crippen molar-refractivity contribution in [3.05, 3.63) is 57.6 Å². The van der Waals surface area contributed by atoms with E-state index in [0.29, 0.717) is 5.56 Å². The van der Waals surface area contributed by atoms with Gasteiger partial charge in [-0.15, -0.1) is 0 Å². The molecule has 2 aromatic carbocycles. The first-order valence-corrected chi connectivity index (χ1v) is 6.93. The summed E-state index contributed by atoms with van der Waals surface area (Å²) in [6.07, 6.45) is 0. The molecule has 2 aromatic rings. The number of carboxylic acids is 2. The minimum atomic E-state index is -1.24. The number of carbonyl (C=O) groups is 2.